The monoisotopic (exact) mass is 408 g/mol. The van der Waals surface area contributed by atoms with Gasteiger partial charge in [-0.2, -0.15) is 0 Å². The molecule has 4 amide bonds. The molecule has 2 aromatic carbocycles. The minimum absolute atomic E-state index is 0.261. The van der Waals surface area contributed by atoms with Crippen molar-refractivity contribution < 1.29 is 19.1 Å². The topological polar surface area (TPSA) is 91.0 Å². The molecule has 2 aliphatic heterocycles. The van der Waals surface area contributed by atoms with E-state index < -0.39 is 0 Å². The van der Waals surface area contributed by atoms with E-state index in [0.29, 0.717) is 37.3 Å². The molecule has 0 aromatic heterocycles. The van der Waals surface area contributed by atoms with Gasteiger partial charge in [-0.25, -0.2) is 4.79 Å². The van der Waals surface area contributed by atoms with Crippen LogP contribution in [-0.4, -0.2) is 62.1 Å². The fourth-order valence-electron chi connectivity index (χ4n) is 3.71. The highest BCUT2D eigenvalue weighted by atomic mass is 16.5. The smallest absolute Gasteiger partial charge is 0.319 e. The van der Waals surface area contributed by atoms with Gasteiger partial charge in [0, 0.05) is 26.2 Å². The van der Waals surface area contributed by atoms with E-state index in [2.05, 4.69) is 15.5 Å². The second-order valence-electron chi connectivity index (χ2n) is 7.16. The molecule has 0 radical (unpaired) electrons. The summed E-state index contributed by atoms with van der Waals surface area (Å²) in [5, 5.41) is 5.68. The van der Waals surface area contributed by atoms with Crippen LogP contribution in [0.4, 0.5) is 16.2 Å². The average molecular weight is 408 g/mol. The molecule has 0 aliphatic carbocycles. The van der Waals surface area contributed by atoms with Crippen molar-refractivity contribution in [1.29, 1.82) is 0 Å². The quantitative estimate of drug-likeness (QED) is 0.566. The third kappa shape index (κ3) is 4.13. The fourth-order valence-corrected chi connectivity index (χ4v) is 3.71. The number of morpholine rings is 1. The molecule has 4 rings (SSSR count). The number of para-hydroxylation sites is 2. The van der Waals surface area contributed by atoms with E-state index in [1.807, 2.05) is 24.3 Å². The van der Waals surface area contributed by atoms with Crippen molar-refractivity contribution in [3.05, 3.63) is 59.7 Å². The van der Waals surface area contributed by atoms with Gasteiger partial charge in [0.15, 0.2) is 0 Å². The predicted octanol–water partition coefficient (Wildman–Crippen LogP) is 2.33. The van der Waals surface area contributed by atoms with Gasteiger partial charge in [0.1, 0.15) is 0 Å². The summed E-state index contributed by atoms with van der Waals surface area (Å²) in [6, 6.07) is 14.1. The maximum absolute atomic E-state index is 12.4. The largest absolute Gasteiger partial charge is 0.378 e. The summed E-state index contributed by atoms with van der Waals surface area (Å²) >= 11 is 0. The molecule has 1 fully saturated rings. The van der Waals surface area contributed by atoms with E-state index in [-0.39, 0.29) is 24.4 Å². The lowest BCUT2D eigenvalue weighted by Crippen LogP contribution is -2.37. The summed E-state index contributed by atoms with van der Waals surface area (Å²) in [6.07, 6.45) is 0.476. The Kier molecular flexibility index (Phi) is 5.94. The summed E-state index contributed by atoms with van der Waals surface area (Å²) in [6.45, 7) is 3.49. The number of hydrogen-bond acceptors (Lipinski definition) is 5. The average Bonchev–Trinajstić information content (AvgIpc) is 3.02. The lowest BCUT2D eigenvalue weighted by molar-refractivity contribution is 0.0653. The highest BCUT2D eigenvalue weighted by Crippen LogP contribution is 2.26. The summed E-state index contributed by atoms with van der Waals surface area (Å²) in [5.74, 6) is -0.556. The molecular weight excluding hydrogens is 384 g/mol. The van der Waals surface area contributed by atoms with Gasteiger partial charge in [0.2, 0.25) is 0 Å². The molecule has 2 heterocycles. The first-order valence-corrected chi connectivity index (χ1v) is 10.1. The molecule has 30 heavy (non-hydrogen) atoms. The Morgan fingerprint density at radius 3 is 2.27 bits per heavy atom. The van der Waals surface area contributed by atoms with Crippen LogP contribution in [0.1, 0.15) is 27.1 Å². The number of amides is 4. The van der Waals surface area contributed by atoms with Crippen molar-refractivity contribution in [2.45, 2.75) is 6.42 Å². The minimum atomic E-state index is -0.321. The van der Waals surface area contributed by atoms with Crippen LogP contribution < -0.4 is 15.5 Å². The van der Waals surface area contributed by atoms with Gasteiger partial charge in [0.25, 0.3) is 11.8 Å². The van der Waals surface area contributed by atoms with Crippen LogP contribution in [-0.2, 0) is 4.74 Å². The van der Waals surface area contributed by atoms with Crippen molar-refractivity contribution in [2.75, 3.05) is 49.6 Å². The summed E-state index contributed by atoms with van der Waals surface area (Å²) in [5.41, 5.74) is 2.57. The number of nitrogens with one attached hydrogen (secondary N) is 2. The van der Waals surface area contributed by atoms with Crippen LogP contribution in [0.3, 0.4) is 0 Å². The van der Waals surface area contributed by atoms with Crippen LogP contribution >= 0.6 is 0 Å². The molecule has 0 spiro atoms. The van der Waals surface area contributed by atoms with Crippen LogP contribution in [0, 0.1) is 0 Å². The van der Waals surface area contributed by atoms with E-state index >= 15 is 0 Å². The maximum Gasteiger partial charge on any atom is 0.319 e. The summed E-state index contributed by atoms with van der Waals surface area (Å²) < 4.78 is 5.39. The van der Waals surface area contributed by atoms with Gasteiger partial charge in [-0.05, 0) is 30.7 Å². The minimum Gasteiger partial charge on any atom is -0.378 e. The zero-order valence-corrected chi connectivity index (χ0v) is 16.6. The number of anilines is 2. The Bertz CT molecular complexity index is 921. The van der Waals surface area contributed by atoms with Gasteiger partial charge < -0.3 is 20.3 Å². The third-order valence-electron chi connectivity index (χ3n) is 5.23. The molecule has 8 nitrogen and oxygen atoms in total. The van der Waals surface area contributed by atoms with Crippen molar-refractivity contribution in [3.8, 4) is 0 Å². The second kappa shape index (κ2) is 8.96. The SMILES string of the molecule is O=C(NCCCN1C(=O)c2ccccc2C1=O)Nc1ccccc1N1CCOCC1. The lowest BCUT2D eigenvalue weighted by Gasteiger charge is -2.30. The van der Waals surface area contributed by atoms with E-state index in [0.717, 1.165) is 24.5 Å². The van der Waals surface area contributed by atoms with Gasteiger partial charge in [-0.15, -0.1) is 0 Å². The first-order chi connectivity index (χ1) is 14.6. The number of hydrogen-bond donors (Lipinski definition) is 2. The Morgan fingerprint density at radius 2 is 1.57 bits per heavy atom. The van der Waals surface area contributed by atoms with Crippen molar-refractivity contribution in [1.82, 2.24) is 10.2 Å². The molecule has 156 valence electrons. The number of nitrogens with zero attached hydrogens (tertiary/aromatic N) is 2. The van der Waals surface area contributed by atoms with E-state index in [1.54, 1.807) is 24.3 Å². The van der Waals surface area contributed by atoms with Crippen molar-refractivity contribution in [2.24, 2.45) is 0 Å². The second-order valence-corrected chi connectivity index (χ2v) is 7.16. The molecular formula is C22H24N4O4. The van der Waals surface area contributed by atoms with Gasteiger partial charge in [-0.1, -0.05) is 24.3 Å². The molecule has 8 heteroatoms. The number of urea groups is 1. The zero-order chi connectivity index (χ0) is 20.9. The molecule has 0 bridgehead atoms. The Labute approximate surface area is 174 Å². The van der Waals surface area contributed by atoms with E-state index in [4.69, 9.17) is 4.74 Å². The van der Waals surface area contributed by atoms with Gasteiger partial charge >= 0.3 is 6.03 Å². The standard InChI is InChI=1S/C22H24N4O4/c27-20-16-6-1-2-7-17(16)21(28)26(20)11-5-10-23-22(29)24-18-8-3-4-9-19(18)25-12-14-30-15-13-25/h1-4,6-9H,5,10-15H2,(H2,23,24,29). The first kappa shape index (κ1) is 19.9. The normalized spacial score (nSPS) is 15.9. The van der Waals surface area contributed by atoms with Crippen LogP contribution in [0.5, 0.6) is 0 Å². The first-order valence-electron chi connectivity index (χ1n) is 10.1. The highest BCUT2D eigenvalue weighted by molar-refractivity contribution is 6.21. The molecule has 0 saturated carbocycles. The van der Waals surface area contributed by atoms with Crippen LogP contribution in [0.25, 0.3) is 0 Å². The van der Waals surface area contributed by atoms with Crippen molar-refractivity contribution in [3.63, 3.8) is 0 Å². The number of carbonyl (C=O) groups excluding carboxylic acids is 3. The number of ether oxygens (including phenoxy) is 1. The van der Waals surface area contributed by atoms with Crippen LogP contribution in [0.15, 0.2) is 48.5 Å². The number of fused-ring (bicyclic) bond motifs is 1. The number of rotatable bonds is 6. The van der Waals surface area contributed by atoms with E-state index in [9.17, 15) is 14.4 Å². The molecule has 1 saturated heterocycles. The summed E-state index contributed by atoms with van der Waals surface area (Å²) in [4.78, 5) is 40.5. The predicted molar refractivity (Wildman–Crippen MR) is 113 cm³/mol. The molecule has 0 unspecified atom stereocenters. The van der Waals surface area contributed by atoms with Crippen molar-refractivity contribution >= 4 is 29.2 Å². The Morgan fingerprint density at radius 1 is 0.933 bits per heavy atom. The van der Waals surface area contributed by atoms with Gasteiger partial charge in [0.05, 0.1) is 35.7 Å². The highest BCUT2D eigenvalue weighted by Gasteiger charge is 2.34. The lowest BCUT2D eigenvalue weighted by atomic mass is 10.1. The molecule has 0 atom stereocenters. The number of carbonyl (C=O) groups is 3. The fraction of sp³-hybridized carbons (Fsp3) is 0.318. The Hall–Kier alpha value is -3.39. The number of imide groups is 1. The Balaban J connectivity index is 1.27. The number of benzene rings is 2. The third-order valence-corrected chi connectivity index (χ3v) is 5.23. The molecule has 2 aliphatic rings. The van der Waals surface area contributed by atoms with Gasteiger partial charge in [-0.3, -0.25) is 14.5 Å². The molecule has 2 aromatic rings. The maximum atomic E-state index is 12.4. The van der Waals surface area contributed by atoms with Crippen LogP contribution in [0.2, 0.25) is 0 Å². The van der Waals surface area contributed by atoms with E-state index in [1.165, 1.54) is 4.90 Å². The summed E-state index contributed by atoms with van der Waals surface area (Å²) in [7, 11) is 0. The zero-order valence-electron chi connectivity index (χ0n) is 16.6. The molecule has 2 N–H and O–H groups in total.